The van der Waals surface area contributed by atoms with Crippen molar-refractivity contribution in [3.05, 3.63) is 107 Å². The Kier molecular flexibility index (Phi) is 4.74. The number of hydrogen-bond acceptors (Lipinski definition) is 0. The van der Waals surface area contributed by atoms with Crippen LogP contribution in [0.15, 0.2) is 84.9 Å². The fourth-order valence-corrected chi connectivity index (χ4v) is 3.55. The van der Waals surface area contributed by atoms with Crippen molar-refractivity contribution in [2.24, 2.45) is 0 Å². The molecule has 0 aliphatic carbocycles. The number of rotatable bonds is 3. The van der Waals surface area contributed by atoms with E-state index in [1.165, 1.54) is 31.4 Å². The maximum absolute atomic E-state index is 2.47. The van der Waals surface area contributed by atoms with E-state index in [4.69, 9.17) is 0 Å². The van der Waals surface area contributed by atoms with Crippen molar-refractivity contribution in [1.82, 2.24) is 0 Å². The normalized spacial score (nSPS) is 11.9. The van der Waals surface area contributed by atoms with Crippen molar-refractivity contribution in [2.75, 3.05) is 0 Å². The molecule has 0 aromatic heterocycles. The van der Waals surface area contributed by atoms with Crippen molar-refractivity contribution >= 4 is 31.7 Å². The molecule has 0 bridgehead atoms. The van der Waals surface area contributed by atoms with Crippen LogP contribution in [-0.2, 0) is 0 Å². The second kappa shape index (κ2) is 6.93. The molecule has 0 nitrogen and oxygen atoms in total. The van der Waals surface area contributed by atoms with Gasteiger partial charge in [-0.15, -0.1) is 0 Å². The average molecular weight is 396 g/mol. The molecule has 3 aromatic carbocycles. The van der Waals surface area contributed by atoms with Gasteiger partial charge in [-0.1, -0.05) is 84.9 Å². The summed E-state index contributed by atoms with van der Waals surface area (Å²) in [6, 6.07) is 29.8. The minimum Gasteiger partial charge on any atom is -0.0622 e. The first-order valence-corrected chi connectivity index (χ1v) is 8.42. The van der Waals surface area contributed by atoms with Gasteiger partial charge in [-0.25, -0.2) is 0 Å². The quantitative estimate of drug-likeness (QED) is 0.358. The van der Waals surface area contributed by atoms with E-state index < -0.39 is 0 Å². The van der Waals surface area contributed by atoms with Gasteiger partial charge in [0.15, 0.2) is 0 Å². The van der Waals surface area contributed by atoms with Crippen LogP contribution in [0, 0.1) is 6.92 Å². The maximum Gasteiger partial charge on any atom is 0.0287 e. The van der Waals surface area contributed by atoms with E-state index in [0.717, 1.165) is 0 Å². The molecule has 0 amide bonds. The predicted octanol–water partition coefficient (Wildman–Crippen LogP) is 6.35. The monoisotopic (exact) mass is 396 g/mol. The summed E-state index contributed by atoms with van der Waals surface area (Å²) in [5.74, 6) is 0. The molecule has 0 fully saturated rings. The van der Waals surface area contributed by atoms with Crippen LogP contribution in [0.1, 0.15) is 22.3 Å². The molecule has 3 aromatic rings. The summed E-state index contributed by atoms with van der Waals surface area (Å²) in [6.45, 7) is 2.17. The molecule has 0 aliphatic rings. The molecule has 0 heterocycles. The van der Waals surface area contributed by atoms with Crippen LogP contribution in [0.4, 0.5) is 0 Å². The van der Waals surface area contributed by atoms with Crippen LogP contribution < -0.4 is 0 Å². The van der Waals surface area contributed by atoms with E-state index in [2.05, 4.69) is 114 Å². The lowest BCUT2D eigenvalue weighted by Gasteiger charge is -2.15. The molecule has 22 heavy (non-hydrogen) atoms. The molecule has 0 saturated heterocycles. The molecule has 0 saturated carbocycles. The maximum atomic E-state index is 2.47. The fourth-order valence-electron chi connectivity index (χ4n) is 2.59. The van der Waals surface area contributed by atoms with E-state index in [0.29, 0.717) is 0 Å². The first-order valence-electron chi connectivity index (χ1n) is 7.34. The lowest BCUT2D eigenvalue weighted by atomic mass is 9.93. The minimum absolute atomic E-state index is 1.25. The van der Waals surface area contributed by atoms with Crippen molar-refractivity contribution in [3.8, 4) is 0 Å². The smallest absolute Gasteiger partial charge is 0.0287 e. The minimum atomic E-state index is 1.25. The van der Waals surface area contributed by atoms with Gasteiger partial charge in [-0.2, -0.15) is 0 Å². The van der Waals surface area contributed by atoms with Gasteiger partial charge in [0, 0.05) is 9.15 Å². The molecule has 0 spiro atoms. The molecule has 0 N–H and O–H groups in total. The van der Waals surface area contributed by atoms with Gasteiger partial charge in [0.25, 0.3) is 0 Å². The van der Waals surface area contributed by atoms with Gasteiger partial charge >= 0.3 is 0 Å². The fraction of sp³-hybridized carbons (Fsp3) is 0.0476. The molecular weight excluding hydrogens is 379 g/mol. The van der Waals surface area contributed by atoms with Gasteiger partial charge in [0.1, 0.15) is 0 Å². The number of benzene rings is 3. The highest BCUT2D eigenvalue weighted by Crippen LogP contribution is 2.37. The lowest BCUT2D eigenvalue weighted by molar-refractivity contribution is 1.42. The molecular formula is C21H17I. The average Bonchev–Trinajstić information content (AvgIpc) is 2.58. The van der Waals surface area contributed by atoms with Gasteiger partial charge in [-0.05, 0) is 51.8 Å². The molecule has 0 atom stereocenters. The van der Waals surface area contributed by atoms with Crippen LogP contribution in [0.25, 0.3) is 9.15 Å². The highest BCUT2D eigenvalue weighted by Gasteiger charge is 2.13. The van der Waals surface area contributed by atoms with Gasteiger partial charge < -0.3 is 0 Å². The van der Waals surface area contributed by atoms with Crippen molar-refractivity contribution in [1.29, 1.82) is 0 Å². The van der Waals surface area contributed by atoms with Crippen LogP contribution in [0.3, 0.4) is 0 Å². The number of hydrogen-bond donors (Lipinski definition) is 0. The highest BCUT2D eigenvalue weighted by molar-refractivity contribution is 14.1. The Balaban J connectivity index is 2.27. The Bertz CT molecular complexity index is 786. The van der Waals surface area contributed by atoms with Crippen LogP contribution in [0.5, 0.6) is 0 Å². The lowest BCUT2D eigenvalue weighted by Crippen LogP contribution is -1.94. The van der Waals surface area contributed by atoms with Gasteiger partial charge in [0.05, 0.1) is 0 Å². The highest BCUT2D eigenvalue weighted by atomic mass is 127. The molecule has 0 unspecified atom stereocenters. The second-order valence-electron chi connectivity index (χ2n) is 5.24. The molecule has 108 valence electrons. The Morgan fingerprint density at radius 3 is 1.73 bits per heavy atom. The largest absolute Gasteiger partial charge is 0.0622 e. The third-order valence-corrected chi connectivity index (χ3v) is 4.89. The van der Waals surface area contributed by atoms with Crippen LogP contribution in [0.2, 0.25) is 0 Å². The molecule has 3 rings (SSSR count). The van der Waals surface area contributed by atoms with Crippen molar-refractivity contribution in [2.45, 2.75) is 6.92 Å². The Morgan fingerprint density at radius 2 is 1.14 bits per heavy atom. The van der Waals surface area contributed by atoms with E-state index in [1.54, 1.807) is 0 Å². The Labute approximate surface area is 145 Å². The predicted molar refractivity (Wildman–Crippen MR) is 104 cm³/mol. The summed E-state index contributed by atoms with van der Waals surface area (Å²) in [5, 5.41) is 0. The topological polar surface area (TPSA) is 0 Å². The molecule has 0 aliphatic heterocycles. The van der Waals surface area contributed by atoms with E-state index in [9.17, 15) is 0 Å². The first-order chi connectivity index (χ1) is 10.8. The second-order valence-corrected chi connectivity index (χ2v) is 6.31. The zero-order chi connectivity index (χ0) is 15.4. The molecule has 0 radical (unpaired) electrons. The SMILES string of the molecule is Cc1ccccc1/C(=C(\I)c1ccccc1)c1ccccc1. The van der Waals surface area contributed by atoms with E-state index in [-0.39, 0.29) is 0 Å². The van der Waals surface area contributed by atoms with Crippen LogP contribution >= 0.6 is 22.6 Å². The van der Waals surface area contributed by atoms with Crippen molar-refractivity contribution in [3.63, 3.8) is 0 Å². The summed E-state index contributed by atoms with van der Waals surface area (Å²) in [6.07, 6.45) is 0. The Morgan fingerprint density at radius 1 is 0.636 bits per heavy atom. The third-order valence-electron chi connectivity index (χ3n) is 3.72. The number of halogens is 1. The van der Waals surface area contributed by atoms with Gasteiger partial charge in [0.2, 0.25) is 0 Å². The summed E-state index contributed by atoms with van der Waals surface area (Å²) in [5.41, 5.74) is 6.40. The molecule has 1 heteroatoms. The zero-order valence-electron chi connectivity index (χ0n) is 12.5. The summed E-state index contributed by atoms with van der Waals surface area (Å²) >= 11 is 2.47. The third kappa shape index (κ3) is 3.14. The first kappa shape index (κ1) is 15.0. The zero-order valence-corrected chi connectivity index (χ0v) is 14.6. The van der Waals surface area contributed by atoms with Gasteiger partial charge in [-0.3, -0.25) is 0 Å². The summed E-state index contributed by atoms with van der Waals surface area (Å²) < 4.78 is 1.28. The van der Waals surface area contributed by atoms with E-state index in [1.807, 2.05) is 0 Å². The summed E-state index contributed by atoms with van der Waals surface area (Å²) in [4.78, 5) is 0. The van der Waals surface area contributed by atoms with E-state index >= 15 is 0 Å². The Hall–Kier alpha value is -1.87. The number of aryl methyl sites for hydroxylation is 1. The van der Waals surface area contributed by atoms with Crippen LogP contribution in [-0.4, -0.2) is 0 Å². The standard InChI is InChI=1S/C21H17I/c1-16-10-8-9-15-19(16)20(17-11-4-2-5-12-17)21(22)18-13-6-3-7-14-18/h2-15H,1H3/b21-20-. The van der Waals surface area contributed by atoms with Crippen molar-refractivity contribution < 1.29 is 0 Å². The summed E-state index contributed by atoms with van der Waals surface area (Å²) in [7, 11) is 0.